The zero-order chi connectivity index (χ0) is 40.3. The molecule has 0 spiro atoms. The normalized spacial score (nSPS) is 18.2. The van der Waals surface area contributed by atoms with Crippen LogP contribution in [0.3, 0.4) is 0 Å². The van der Waals surface area contributed by atoms with Gasteiger partial charge in [0.1, 0.15) is 19.0 Å². The van der Waals surface area contributed by atoms with Crippen LogP contribution in [0.5, 0.6) is 0 Å². The summed E-state index contributed by atoms with van der Waals surface area (Å²) in [5.74, 6) is -0.290. The first kappa shape index (κ1) is 44.9. The van der Waals surface area contributed by atoms with Gasteiger partial charge in [-0.15, -0.1) is 5.10 Å². The number of rotatable bonds is 24. The van der Waals surface area contributed by atoms with Crippen LogP contribution in [0.4, 0.5) is 11.9 Å². The van der Waals surface area contributed by atoms with Crippen LogP contribution < -0.4 is 21.7 Å². The van der Waals surface area contributed by atoms with Crippen molar-refractivity contribution in [1.82, 2.24) is 30.7 Å². The summed E-state index contributed by atoms with van der Waals surface area (Å²) in [6.07, 6.45) is 7.31. The molecule has 1 aromatic carbocycles. The number of benzene rings is 1. The third-order valence-electron chi connectivity index (χ3n) is 11.1. The Bertz CT molecular complexity index is 1430. The molecule has 314 valence electrons. The van der Waals surface area contributed by atoms with Crippen LogP contribution in [0.25, 0.3) is 0 Å². The lowest BCUT2D eigenvalue weighted by Crippen LogP contribution is -2.52. The van der Waals surface area contributed by atoms with E-state index in [9.17, 15) is 19.5 Å². The maximum Gasteiger partial charge on any atom is 0.252 e. The molecule has 1 aliphatic carbocycles. The molecule has 2 fully saturated rings. The van der Waals surface area contributed by atoms with Crippen molar-refractivity contribution in [1.29, 1.82) is 0 Å². The van der Waals surface area contributed by atoms with Crippen molar-refractivity contribution in [2.75, 3.05) is 51.1 Å². The van der Waals surface area contributed by atoms with E-state index in [1.54, 1.807) is 7.11 Å². The summed E-state index contributed by atoms with van der Waals surface area (Å²) in [7, 11) is 1.59. The van der Waals surface area contributed by atoms with Crippen LogP contribution >= 0.6 is 0 Å². The second-order valence-electron chi connectivity index (χ2n) is 15.8. The molecule has 5 atom stereocenters. The predicted octanol–water partition coefficient (Wildman–Crippen LogP) is 4.19. The van der Waals surface area contributed by atoms with Gasteiger partial charge in [-0.2, -0.15) is 4.98 Å². The Hall–Kier alpha value is -3.79. The summed E-state index contributed by atoms with van der Waals surface area (Å²) in [5, 5.41) is 27.6. The van der Waals surface area contributed by atoms with Crippen LogP contribution in [0, 0.1) is 17.8 Å². The summed E-state index contributed by atoms with van der Waals surface area (Å²) >= 11 is 0. The van der Waals surface area contributed by atoms with E-state index >= 15 is 0 Å². The molecule has 5 unspecified atom stereocenters. The van der Waals surface area contributed by atoms with Crippen molar-refractivity contribution in [2.45, 2.75) is 135 Å². The molecule has 1 saturated heterocycles. The van der Waals surface area contributed by atoms with Gasteiger partial charge in [-0.1, -0.05) is 96.0 Å². The number of nitrogens with two attached hydrogens (primary N) is 1. The number of anilines is 2. The van der Waals surface area contributed by atoms with E-state index < -0.39 is 30.3 Å². The molecule has 7 N–H and O–H groups in total. The lowest BCUT2D eigenvalue weighted by molar-refractivity contribution is -0.157. The van der Waals surface area contributed by atoms with Gasteiger partial charge in [0.2, 0.25) is 23.7 Å². The fourth-order valence-corrected chi connectivity index (χ4v) is 7.80. The zero-order valence-electron chi connectivity index (χ0n) is 34.0. The van der Waals surface area contributed by atoms with Gasteiger partial charge in [0.15, 0.2) is 0 Å². The van der Waals surface area contributed by atoms with Crippen LogP contribution in [-0.4, -0.2) is 113 Å². The van der Waals surface area contributed by atoms with Crippen molar-refractivity contribution in [3.05, 3.63) is 35.9 Å². The van der Waals surface area contributed by atoms with E-state index in [1.807, 2.05) is 49.1 Å². The van der Waals surface area contributed by atoms with Gasteiger partial charge in [0.25, 0.3) is 5.91 Å². The largest absolute Gasteiger partial charge is 0.391 e. The summed E-state index contributed by atoms with van der Waals surface area (Å²) < 4.78 is 17.4. The number of aromatic nitrogens is 3. The second-order valence-corrected chi connectivity index (χ2v) is 15.8. The number of ether oxygens (including phenoxy) is 3. The molecular formula is C41H68N8O7. The number of carbonyl (C=O) groups is 3. The van der Waals surface area contributed by atoms with E-state index in [0.717, 1.165) is 44.1 Å². The van der Waals surface area contributed by atoms with E-state index in [2.05, 4.69) is 38.1 Å². The van der Waals surface area contributed by atoms with Gasteiger partial charge in [-0.05, 0) is 49.5 Å². The van der Waals surface area contributed by atoms with Gasteiger partial charge >= 0.3 is 0 Å². The number of hydrogen-bond donors (Lipinski definition) is 6. The number of likely N-dealkylation sites (tertiary alicyclic amines) is 1. The molecule has 0 bridgehead atoms. The van der Waals surface area contributed by atoms with Crippen molar-refractivity contribution in [2.24, 2.45) is 17.8 Å². The van der Waals surface area contributed by atoms with E-state index in [-0.39, 0.29) is 48.9 Å². The predicted molar refractivity (Wildman–Crippen MR) is 215 cm³/mol. The molecule has 0 radical (unpaired) electrons. The Balaban J connectivity index is 1.47. The lowest BCUT2D eigenvalue weighted by atomic mass is 9.81. The van der Waals surface area contributed by atoms with Crippen molar-refractivity contribution in [3.8, 4) is 0 Å². The summed E-state index contributed by atoms with van der Waals surface area (Å²) in [6, 6.07) is 9.16. The maximum absolute atomic E-state index is 14.4. The standard InChI is InChI=1S/C41H68N8O7/c1-5-6-17-35(56-36(25-30-15-11-8-12-16-30)39(53)49-22-18-31(19-23-49)55-27-54-4)38(52)45-33(24-29-13-9-7-10-14-29)34(50)26-32(28(2)3)37(51)43-20-21-44-41-46-40(42)47-48-41/h8,11-12,15-16,28-29,31-36,50H,5-7,9-10,13-14,17-27H2,1-4H3,(H,43,51)(H,45,52)(H4,42,44,46,47,48). The Morgan fingerprint density at radius 2 is 1.75 bits per heavy atom. The van der Waals surface area contributed by atoms with Crippen LogP contribution in [-0.2, 0) is 35.0 Å². The van der Waals surface area contributed by atoms with Crippen molar-refractivity contribution < 1.29 is 33.7 Å². The van der Waals surface area contributed by atoms with Crippen LogP contribution in [0.15, 0.2) is 30.3 Å². The minimum absolute atomic E-state index is 0.0201. The molecule has 1 saturated carbocycles. The number of H-pyrrole nitrogens is 1. The maximum atomic E-state index is 14.4. The third kappa shape index (κ3) is 14.9. The summed E-state index contributed by atoms with van der Waals surface area (Å²) in [5.41, 5.74) is 6.53. The number of hydrogen-bond acceptors (Lipinski definition) is 11. The fourth-order valence-electron chi connectivity index (χ4n) is 7.80. The van der Waals surface area contributed by atoms with E-state index in [4.69, 9.17) is 19.9 Å². The molecule has 15 heteroatoms. The molecule has 56 heavy (non-hydrogen) atoms. The lowest BCUT2D eigenvalue weighted by Gasteiger charge is -2.36. The Kier molecular flexibility index (Phi) is 19.3. The number of aromatic amines is 1. The minimum Gasteiger partial charge on any atom is -0.391 e. The SMILES string of the molecule is CCCCC(OC(Cc1ccccc1)C(=O)N1CCC(OCOC)CC1)C(=O)NC(CC1CCCCC1)C(O)CC(C(=O)NCCNc1n[nH]c(N)n1)C(C)C. The minimum atomic E-state index is -0.969. The molecule has 3 amide bonds. The summed E-state index contributed by atoms with van der Waals surface area (Å²) in [4.78, 5) is 47.8. The monoisotopic (exact) mass is 785 g/mol. The second kappa shape index (κ2) is 24.1. The Morgan fingerprint density at radius 3 is 2.39 bits per heavy atom. The number of nitrogens with zero attached hydrogens (tertiary/aromatic N) is 3. The van der Waals surface area contributed by atoms with Crippen LogP contribution in [0.2, 0.25) is 0 Å². The van der Waals surface area contributed by atoms with Gasteiger partial charge < -0.3 is 45.9 Å². The van der Waals surface area contributed by atoms with Gasteiger partial charge in [-0.25, -0.2) is 5.10 Å². The summed E-state index contributed by atoms with van der Waals surface area (Å²) in [6.45, 7) is 7.99. The van der Waals surface area contributed by atoms with Gasteiger partial charge in [0, 0.05) is 45.6 Å². The fraction of sp³-hybridized carbons (Fsp3) is 0.732. The van der Waals surface area contributed by atoms with Crippen LogP contribution in [0.1, 0.15) is 103 Å². The topological polar surface area (TPSA) is 206 Å². The Labute approximate surface area is 333 Å². The van der Waals surface area contributed by atoms with E-state index in [0.29, 0.717) is 70.1 Å². The van der Waals surface area contributed by atoms with Gasteiger partial charge in [-0.3, -0.25) is 14.4 Å². The molecule has 2 heterocycles. The molecule has 2 aliphatic rings. The highest BCUT2D eigenvalue weighted by molar-refractivity contribution is 5.84. The molecule has 15 nitrogen and oxygen atoms in total. The van der Waals surface area contributed by atoms with Gasteiger partial charge in [0.05, 0.1) is 18.2 Å². The quantitative estimate of drug-likeness (QED) is 0.0658. The molecule has 1 aromatic heterocycles. The number of unbranched alkanes of at least 4 members (excludes halogenated alkanes) is 1. The molecule has 1 aliphatic heterocycles. The first-order valence-corrected chi connectivity index (χ1v) is 20.8. The van der Waals surface area contributed by atoms with E-state index in [1.165, 1.54) is 6.42 Å². The van der Waals surface area contributed by atoms with Crippen molar-refractivity contribution >= 4 is 29.6 Å². The number of piperidine rings is 1. The Morgan fingerprint density at radius 1 is 1.02 bits per heavy atom. The number of nitrogens with one attached hydrogen (secondary N) is 4. The number of aliphatic hydroxyl groups excluding tert-OH is 1. The molecular weight excluding hydrogens is 716 g/mol. The first-order valence-electron chi connectivity index (χ1n) is 20.8. The number of amides is 3. The number of nitrogen functional groups attached to an aromatic ring is 1. The number of methoxy groups -OCH3 is 1. The molecule has 4 rings (SSSR count). The van der Waals surface area contributed by atoms with Crippen molar-refractivity contribution in [3.63, 3.8) is 0 Å². The third-order valence-corrected chi connectivity index (χ3v) is 11.1. The number of aliphatic hydroxyl groups is 1. The smallest absolute Gasteiger partial charge is 0.252 e. The number of carbonyl (C=O) groups excluding carboxylic acids is 3. The average molecular weight is 785 g/mol. The zero-order valence-corrected chi connectivity index (χ0v) is 34.0. The first-order chi connectivity index (χ1) is 27.1. The molecule has 2 aromatic rings. The highest BCUT2D eigenvalue weighted by Gasteiger charge is 2.36. The average Bonchev–Trinajstić information content (AvgIpc) is 3.63. The highest BCUT2D eigenvalue weighted by atomic mass is 16.7. The highest BCUT2D eigenvalue weighted by Crippen LogP contribution is 2.30.